The molecule has 1 aromatic rings. The molecule has 0 aromatic heterocycles. The second-order valence-electron chi connectivity index (χ2n) is 5.16. The van der Waals surface area contributed by atoms with Crippen LogP contribution >= 0.6 is 23.5 Å². The molecule has 0 saturated carbocycles. The first kappa shape index (κ1) is 12.7. The van der Waals surface area contributed by atoms with E-state index in [0.29, 0.717) is 18.8 Å². The molecule has 4 rings (SSSR count). The fourth-order valence-corrected chi connectivity index (χ4v) is 6.41. The summed E-state index contributed by atoms with van der Waals surface area (Å²) in [6.07, 6.45) is -0.622. The molecule has 6 heteroatoms. The summed E-state index contributed by atoms with van der Waals surface area (Å²) in [5.74, 6) is 0.629. The van der Waals surface area contributed by atoms with Gasteiger partial charge in [-0.1, -0.05) is 42.1 Å². The van der Waals surface area contributed by atoms with Crippen LogP contribution in [-0.4, -0.2) is 50.8 Å². The van der Waals surface area contributed by atoms with Crippen LogP contribution in [0.3, 0.4) is 0 Å². The Labute approximate surface area is 125 Å². The molecule has 0 bridgehead atoms. The van der Waals surface area contributed by atoms with Gasteiger partial charge in [0.15, 0.2) is 5.17 Å². The molecule has 1 aromatic carbocycles. The number of thioether (sulfide) groups is 2. The molecule has 3 aliphatic heterocycles. The van der Waals surface area contributed by atoms with Crippen LogP contribution in [0.1, 0.15) is 10.8 Å². The Kier molecular flexibility index (Phi) is 2.87. The standard InChI is InChI=1S/C14H14N2O2S2/c17-10-8-19-11(9-4-2-1-3-5-9)14(10)12(18)16-7-6-15-13(16)20-14/h1-5,10-11,17H,6-8H2. The lowest BCUT2D eigenvalue weighted by Gasteiger charge is -2.30. The predicted molar refractivity (Wildman–Crippen MR) is 82.0 cm³/mol. The Hall–Kier alpha value is -0.980. The summed E-state index contributed by atoms with van der Waals surface area (Å²) in [6.45, 7) is 1.34. The Morgan fingerprint density at radius 3 is 2.90 bits per heavy atom. The first-order valence-corrected chi connectivity index (χ1v) is 8.50. The minimum absolute atomic E-state index is 0.00972. The highest BCUT2D eigenvalue weighted by Crippen LogP contribution is 2.59. The van der Waals surface area contributed by atoms with Gasteiger partial charge in [-0.05, 0) is 5.56 Å². The van der Waals surface area contributed by atoms with Crippen LogP contribution in [0.2, 0.25) is 0 Å². The summed E-state index contributed by atoms with van der Waals surface area (Å²) in [4.78, 5) is 19.0. The van der Waals surface area contributed by atoms with Crippen molar-refractivity contribution < 1.29 is 9.90 Å². The molecule has 1 spiro atoms. The zero-order valence-electron chi connectivity index (χ0n) is 10.7. The Morgan fingerprint density at radius 2 is 2.15 bits per heavy atom. The number of amidine groups is 1. The molecule has 2 saturated heterocycles. The fraction of sp³-hybridized carbons (Fsp3) is 0.429. The van der Waals surface area contributed by atoms with Crippen molar-refractivity contribution in [1.82, 2.24) is 4.90 Å². The average Bonchev–Trinajstić information content (AvgIpc) is 3.12. The van der Waals surface area contributed by atoms with Gasteiger partial charge >= 0.3 is 0 Å². The number of rotatable bonds is 1. The van der Waals surface area contributed by atoms with Gasteiger partial charge in [-0.25, -0.2) is 0 Å². The van der Waals surface area contributed by atoms with Crippen LogP contribution in [0, 0.1) is 0 Å². The number of fused-ring (bicyclic) bond motifs is 1. The van der Waals surface area contributed by atoms with Gasteiger partial charge in [-0.15, -0.1) is 11.8 Å². The van der Waals surface area contributed by atoms with Crippen molar-refractivity contribution >= 4 is 34.6 Å². The van der Waals surface area contributed by atoms with Crippen molar-refractivity contribution in [2.75, 3.05) is 18.8 Å². The number of aliphatic hydroxyl groups excluding tert-OH is 1. The van der Waals surface area contributed by atoms with E-state index in [1.807, 2.05) is 30.3 Å². The Bertz CT molecular complexity index is 592. The van der Waals surface area contributed by atoms with E-state index in [9.17, 15) is 9.90 Å². The second-order valence-corrected chi connectivity index (χ2v) is 7.54. The number of benzene rings is 1. The summed E-state index contributed by atoms with van der Waals surface area (Å²) < 4.78 is -0.786. The molecular weight excluding hydrogens is 292 g/mol. The molecule has 3 unspecified atom stereocenters. The summed E-state index contributed by atoms with van der Waals surface area (Å²) in [5, 5.41) is 11.3. The van der Waals surface area contributed by atoms with Gasteiger partial charge in [0.2, 0.25) is 5.91 Å². The average molecular weight is 306 g/mol. The highest BCUT2D eigenvalue weighted by Gasteiger charge is 2.64. The first-order chi connectivity index (χ1) is 9.73. The third kappa shape index (κ3) is 1.55. The molecule has 104 valence electrons. The van der Waals surface area contributed by atoms with E-state index in [-0.39, 0.29) is 11.2 Å². The molecule has 20 heavy (non-hydrogen) atoms. The third-order valence-electron chi connectivity index (χ3n) is 4.05. The molecule has 4 nitrogen and oxygen atoms in total. The van der Waals surface area contributed by atoms with E-state index in [1.165, 1.54) is 11.8 Å². The summed E-state index contributed by atoms with van der Waals surface area (Å²) in [6, 6.07) is 10.0. The normalized spacial score (nSPS) is 35.8. The number of hydrogen-bond donors (Lipinski definition) is 1. The number of nitrogens with zero attached hydrogens (tertiary/aromatic N) is 2. The van der Waals surface area contributed by atoms with Crippen molar-refractivity contribution in [3.05, 3.63) is 35.9 Å². The number of carbonyl (C=O) groups excluding carboxylic acids is 1. The van der Waals surface area contributed by atoms with Gasteiger partial charge in [-0.2, -0.15) is 0 Å². The number of aliphatic hydroxyl groups is 1. The number of aliphatic imine (C=N–C) groups is 1. The highest BCUT2D eigenvalue weighted by atomic mass is 32.2. The molecule has 1 amide bonds. The van der Waals surface area contributed by atoms with E-state index in [1.54, 1.807) is 16.7 Å². The Balaban J connectivity index is 1.80. The molecule has 0 radical (unpaired) electrons. The molecule has 3 aliphatic rings. The lowest BCUT2D eigenvalue weighted by Crippen LogP contribution is -2.48. The fourth-order valence-electron chi connectivity index (χ4n) is 3.07. The van der Waals surface area contributed by atoms with Gasteiger partial charge in [0, 0.05) is 12.3 Å². The maximum atomic E-state index is 12.9. The van der Waals surface area contributed by atoms with Crippen LogP contribution in [0.5, 0.6) is 0 Å². The molecule has 2 fully saturated rings. The van der Waals surface area contributed by atoms with Crippen LogP contribution < -0.4 is 0 Å². The highest BCUT2D eigenvalue weighted by molar-refractivity contribution is 8.17. The largest absolute Gasteiger partial charge is 0.390 e. The van der Waals surface area contributed by atoms with Crippen molar-refractivity contribution in [2.45, 2.75) is 16.1 Å². The molecular formula is C14H14N2O2S2. The number of hydrogen-bond acceptors (Lipinski definition) is 5. The maximum absolute atomic E-state index is 12.9. The maximum Gasteiger partial charge on any atom is 0.249 e. The van der Waals surface area contributed by atoms with Crippen molar-refractivity contribution in [1.29, 1.82) is 0 Å². The predicted octanol–water partition coefficient (Wildman–Crippen LogP) is 1.52. The minimum Gasteiger partial charge on any atom is -0.390 e. The quantitative estimate of drug-likeness (QED) is 0.855. The smallest absolute Gasteiger partial charge is 0.249 e. The van der Waals surface area contributed by atoms with Gasteiger partial charge in [0.25, 0.3) is 0 Å². The minimum atomic E-state index is -0.786. The van der Waals surface area contributed by atoms with Gasteiger partial charge in [0.05, 0.1) is 17.9 Å². The van der Waals surface area contributed by atoms with Crippen LogP contribution in [0.4, 0.5) is 0 Å². The van der Waals surface area contributed by atoms with Crippen molar-refractivity contribution in [2.24, 2.45) is 4.99 Å². The SMILES string of the molecule is O=C1N2CCN=C2SC12C(O)CSC2c1ccccc1. The van der Waals surface area contributed by atoms with Gasteiger partial charge in [0.1, 0.15) is 4.75 Å². The van der Waals surface area contributed by atoms with Crippen LogP contribution in [-0.2, 0) is 4.79 Å². The van der Waals surface area contributed by atoms with E-state index in [0.717, 1.165) is 10.7 Å². The first-order valence-electron chi connectivity index (χ1n) is 6.63. The summed E-state index contributed by atoms with van der Waals surface area (Å²) in [7, 11) is 0. The summed E-state index contributed by atoms with van der Waals surface area (Å²) >= 11 is 3.13. The van der Waals surface area contributed by atoms with E-state index in [4.69, 9.17) is 0 Å². The second kappa shape index (κ2) is 4.51. The van der Waals surface area contributed by atoms with Crippen LogP contribution in [0.15, 0.2) is 35.3 Å². The topological polar surface area (TPSA) is 52.9 Å². The summed E-state index contributed by atoms with van der Waals surface area (Å²) in [5.41, 5.74) is 1.11. The molecule has 3 atom stereocenters. The van der Waals surface area contributed by atoms with E-state index < -0.39 is 10.9 Å². The van der Waals surface area contributed by atoms with Crippen LogP contribution in [0.25, 0.3) is 0 Å². The zero-order chi connectivity index (χ0) is 13.7. The van der Waals surface area contributed by atoms with Gasteiger partial charge < -0.3 is 5.11 Å². The third-order valence-corrected chi connectivity index (χ3v) is 7.24. The molecule has 3 heterocycles. The Morgan fingerprint density at radius 1 is 1.35 bits per heavy atom. The lowest BCUT2D eigenvalue weighted by molar-refractivity contribution is -0.131. The van der Waals surface area contributed by atoms with Gasteiger partial charge in [-0.3, -0.25) is 14.7 Å². The molecule has 0 aliphatic carbocycles. The van der Waals surface area contributed by atoms with E-state index >= 15 is 0 Å². The lowest BCUT2D eigenvalue weighted by atomic mass is 9.92. The molecule has 1 N–H and O–H groups in total. The zero-order valence-corrected chi connectivity index (χ0v) is 12.4. The van der Waals surface area contributed by atoms with Crippen molar-refractivity contribution in [3.8, 4) is 0 Å². The van der Waals surface area contributed by atoms with Crippen molar-refractivity contribution in [3.63, 3.8) is 0 Å². The number of amides is 1. The number of carbonyl (C=O) groups is 1. The monoisotopic (exact) mass is 306 g/mol. The van der Waals surface area contributed by atoms with E-state index in [2.05, 4.69) is 4.99 Å².